The van der Waals surface area contributed by atoms with Crippen LogP contribution in [0.5, 0.6) is 0 Å². The van der Waals surface area contributed by atoms with E-state index in [2.05, 4.69) is 73.0 Å². The molecule has 3 heteroatoms. The van der Waals surface area contributed by atoms with Gasteiger partial charge in [-0.2, -0.15) is 0 Å². The van der Waals surface area contributed by atoms with E-state index >= 15 is 0 Å². The largest absolute Gasteiger partial charge is 0.326 e. The predicted octanol–water partition coefficient (Wildman–Crippen LogP) is 4.60. The van der Waals surface area contributed by atoms with E-state index in [4.69, 9.17) is 0 Å². The highest BCUT2D eigenvalue weighted by Gasteiger charge is 2.25. The molecule has 1 amide bonds. The Morgan fingerprint density at radius 2 is 1.34 bits per heavy atom. The summed E-state index contributed by atoms with van der Waals surface area (Å²) in [6.07, 6.45) is 0. The summed E-state index contributed by atoms with van der Waals surface area (Å²) in [7, 11) is 0. The highest BCUT2D eigenvalue weighted by Crippen LogP contribution is 2.22. The van der Waals surface area contributed by atoms with E-state index in [9.17, 15) is 4.79 Å². The van der Waals surface area contributed by atoms with Crippen LogP contribution in [-0.2, 0) is 4.79 Å². The quantitative estimate of drug-likeness (QED) is 0.638. The van der Waals surface area contributed by atoms with Crippen molar-refractivity contribution in [1.29, 1.82) is 0 Å². The van der Waals surface area contributed by atoms with Gasteiger partial charge in [-0.15, -0.1) is 0 Å². The van der Waals surface area contributed by atoms with Crippen molar-refractivity contribution in [3.8, 4) is 0 Å². The Balaban J connectivity index is 1.82. The normalized spacial score (nSPS) is 13.0. The van der Waals surface area contributed by atoms with Gasteiger partial charge in [-0.3, -0.25) is 4.79 Å². The fourth-order valence-electron chi connectivity index (χ4n) is 3.84. The highest BCUT2D eigenvalue weighted by atomic mass is 16.2. The van der Waals surface area contributed by atoms with Gasteiger partial charge in [-0.1, -0.05) is 77.9 Å². The summed E-state index contributed by atoms with van der Waals surface area (Å²) in [5.74, 6) is 0.0214. The van der Waals surface area contributed by atoms with Gasteiger partial charge in [0, 0.05) is 16.8 Å². The Kier molecular flexibility index (Phi) is 6.50. The minimum Gasteiger partial charge on any atom is -0.326 e. The van der Waals surface area contributed by atoms with Gasteiger partial charge in [0.05, 0.1) is 0 Å². The van der Waals surface area contributed by atoms with Crippen LogP contribution >= 0.6 is 0 Å². The van der Waals surface area contributed by atoms with Gasteiger partial charge in [0.15, 0.2) is 6.04 Å². The van der Waals surface area contributed by atoms with Crippen molar-refractivity contribution >= 4 is 11.6 Å². The van der Waals surface area contributed by atoms with Crippen LogP contribution in [0.25, 0.3) is 0 Å². The third-order valence-corrected chi connectivity index (χ3v) is 5.42. The zero-order chi connectivity index (χ0) is 21.0. The maximum atomic E-state index is 13.0. The molecule has 0 aliphatic rings. The van der Waals surface area contributed by atoms with E-state index in [1.165, 1.54) is 22.3 Å². The molecule has 3 nitrogen and oxygen atoms in total. The Hall–Kier alpha value is -2.91. The first-order chi connectivity index (χ1) is 13.8. The number of amides is 1. The maximum absolute atomic E-state index is 13.0. The average Bonchev–Trinajstić information content (AvgIpc) is 2.70. The van der Waals surface area contributed by atoms with Crippen LogP contribution < -0.4 is 10.6 Å². The van der Waals surface area contributed by atoms with Gasteiger partial charge in [0.2, 0.25) is 0 Å². The number of rotatable bonds is 6. The van der Waals surface area contributed by atoms with Crippen molar-refractivity contribution in [3.63, 3.8) is 0 Å². The van der Waals surface area contributed by atoms with Crippen LogP contribution in [0.3, 0.4) is 0 Å². The smallest absolute Gasteiger partial charge is 0.282 e. The molecule has 0 fully saturated rings. The van der Waals surface area contributed by atoms with Gasteiger partial charge in [-0.25, -0.2) is 0 Å². The molecule has 3 aromatic rings. The number of nitrogens with one attached hydrogen (secondary N) is 1. The average molecular weight is 388 g/mol. The van der Waals surface area contributed by atoms with E-state index in [0.717, 1.165) is 16.8 Å². The fourth-order valence-corrected chi connectivity index (χ4v) is 3.84. The van der Waals surface area contributed by atoms with Crippen molar-refractivity contribution < 1.29 is 10.1 Å². The standard InChI is InChI=1S/C26H30N2O/c1-17-11-13-23(14-12-17)25(22-9-7-6-8-10-22)27-21(5)26(29)28-24-19(3)15-18(2)16-20(24)4/h6-16,21,25,27H,1-5H3,(H,28,29)/p+1/t21-,25+/m1/s1. The third-order valence-electron chi connectivity index (χ3n) is 5.42. The van der Waals surface area contributed by atoms with Gasteiger partial charge < -0.3 is 10.6 Å². The van der Waals surface area contributed by atoms with Gasteiger partial charge in [0.25, 0.3) is 5.91 Å². The van der Waals surface area contributed by atoms with Crippen molar-refractivity contribution in [3.05, 3.63) is 100 Å². The van der Waals surface area contributed by atoms with Gasteiger partial charge in [0.1, 0.15) is 6.04 Å². The topological polar surface area (TPSA) is 45.7 Å². The fraction of sp³-hybridized carbons (Fsp3) is 0.269. The molecule has 0 saturated carbocycles. The molecule has 3 aromatic carbocycles. The first-order valence-electron chi connectivity index (χ1n) is 10.2. The summed E-state index contributed by atoms with van der Waals surface area (Å²) >= 11 is 0. The van der Waals surface area contributed by atoms with Crippen LogP contribution in [0, 0.1) is 27.7 Å². The summed E-state index contributed by atoms with van der Waals surface area (Å²) in [4.78, 5) is 13.0. The number of hydrogen-bond acceptors (Lipinski definition) is 1. The number of nitrogens with two attached hydrogens (primary N) is 1. The molecule has 3 rings (SSSR count). The Morgan fingerprint density at radius 3 is 1.93 bits per heavy atom. The molecule has 0 spiro atoms. The lowest BCUT2D eigenvalue weighted by Crippen LogP contribution is -2.92. The van der Waals surface area contributed by atoms with Crippen LogP contribution in [0.15, 0.2) is 66.7 Å². The lowest BCUT2D eigenvalue weighted by atomic mass is 9.97. The Bertz CT molecular complexity index is 954. The first-order valence-corrected chi connectivity index (χ1v) is 10.2. The van der Waals surface area contributed by atoms with Crippen LogP contribution in [-0.4, -0.2) is 11.9 Å². The lowest BCUT2D eigenvalue weighted by molar-refractivity contribution is -0.704. The number of carbonyl (C=O) groups excluding carboxylic acids is 1. The van der Waals surface area contributed by atoms with E-state index in [1.807, 2.05) is 39.0 Å². The lowest BCUT2D eigenvalue weighted by Gasteiger charge is -2.22. The van der Waals surface area contributed by atoms with Crippen molar-refractivity contribution in [2.75, 3.05) is 5.32 Å². The number of anilines is 1. The SMILES string of the molecule is Cc1ccc([C@@H]([NH2+][C@H](C)C(=O)Nc2c(C)cc(C)cc2C)c2ccccc2)cc1. The monoisotopic (exact) mass is 387 g/mol. The third kappa shape index (κ3) is 5.12. The Labute approximate surface area is 174 Å². The highest BCUT2D eigenvalue weighted by molar-refractivity contribution is 5.95. The molecule has 2 atom stereocenters. The molecule has 0 aliphatic carbocycles. The number of quaternary nitrogens is 1. The molecule has 0 heterocycles. The number of aryl methyl sites for hydroxylation is 4. The molecule has 0 unspecified atom stereocenters. The van der Waals surface area contributed by atoms with Crippen LogP contribution in [0.2, 0.25) is 0 Å². The molecule has 3 N–H and O–H groups in total. The zero-order valence-electron chi connectivity index (χ0n) is 18.0. The molecule has 0 saturated heterocycles. The second-order valence-electron chi connectivity index (χ2n) is 8.04. The predicted molar refractivity (Wildman–Crippen MR) is 120 cm³/mol. The minimum absolute atomic E-state index is 0.0214. The van der Waals surface area contributed by atoms with E-state index in [0.29, 0.717) is 0 Å². The molecular weight excluding hydrogens is 356 g/mol. The second-order valence-corrected chi connectivity index (χ2v) is 8.04. The summed E-state index contributed by atoms with van der Waals surface area (Å²) < 4.78 is 0. The summed E-state index contributed by atoms with van der Waals surface area (Å²) in [5.41, 5.74) is 7.95. The molecule has 0 bridgehead atoms. The minimum atomic E-state index is -0.235. The summed E-state index contributed by atoms with van der Waals surface area (Å²) in [6, 6.07) is 23.0. The van der Waals surface area contributed by atoms with Crippen molar-refractivity contribution in [2.24, 2.45) is 0 Å². The van der Waals surface area contributed by atoms with E-state index in [-0.39, 0.29) is 18.0 Å². The number of benzene rings is 3. The molecule has 29 heavy (non-hydrogen) atoms. The number of carbonyl (C=O) groups is 1. The van der Waals surface area contributed by atoms with Crippen molar-refractivity contribution in [1.82, 2.24) is 0 Å². The molecular formula is C26H31N2O+. The van der Waals surface area contributed by atoms with Crippen molar-refractivity contribution in [2.45, 2.75) is 46.7 Å². The molecule has 150 valence electrons. The van der Waals surface area contributed by atoms with Gasteiger partial charge in [-0.05, 0) is 45.7 Å². The molecule has 0 aromatic heterocycles. The summed E-state index contributed by atoms with van der Waals surface area (Å²) in [5, 5.41) is 5.30. The van der Waals surface area contributed by atoms with Crippen LogP contribution in [0.1, 0.15) is 46.3 Å². The van der Waals surface area contributed by atoms with Crippen LogP contribution in [0.4, 0.5) is 5.69 Å². The molecule has 0 radical (unpaired) electrons. The van der Waals surface area contributed by atoms with E-state index in [1.54, 1.807) is 0 Å². The molecule has 0 aliphatic heterocycles. The zero-order valence-corrected chi connectivity index (χ0v) is 18.0. The second kappa shape index (κ2) is 9.06. The van der Waals surface area contributed by atoms with Gasteiger partial charge >= 0.3 is 0 Å². The first kappa shape index (κ1) is 20.8. The van der Waals surface area contributed by atoms with E-state index < -0.39 is 0 Å². The maximum Gasteiger partial charge on any atom is 0.282 e. The Morgan fingerprint density at radius 1 is 0.793 bits per heavy atom. The summed E-state index contributed by atoms with van der Waals surface area (Å²) in [6.45, 7) is 10.2. The number of hydrogen-bond donors (Lipinski definition) is 2.